The fourth-order valence-corrected chi connectivity index (χ4v) is 3.05. The number of nitrogens with zero attached hydrogens (tertiary/aromatic N) is 2. The Morgan fingerprint density at radius 3 is 2.68 bits per heavy atom. The predicted molar refractivity (Wildman–Crippen MR) is 79.6 cm³/mol. The predicted octanol–water partition coefficient (Wildman–Crippen LogP) is 3.78. The minimum atomic E-state index is -0.639. The van der Waals surface area contributed by atoms with Gasteiger partial charge in [-0.25, -0.2) is 4.68 Å². The molecule has 5 heteroatoms. The molecule has 19 heavy (non-hydrogen) atoms. The maximum Gasteiger partial charge on any atom is 0.108 e. The van der Waals surface area contributed by atoms with E-state index in [1.807, 2.05) is 48.0 Å². The molecular weight excluding hydrogens is 324 g/mol. The molecule has 1 unspecified atom stereocenters. The molecule has 0 spiro atoms. The molecule has 0 aliphatic rings. The van der Waals surface area contributed by atoms with Gasteiger partial charge in [0.05, 0.1) is 15.7 Å². The third-order valence-corrected chi connectivity index (χ3v) is 4.37. The maximum absolute atomic E-state index is 10.3. The molecule has 0 bridgehead atoms. The molecule has 1 aromatic carbocycles. The molecule has 1 atom stereocenters. The summed E-state index contributed by atoms with van der Waals surface area (Å²) in [5.41, 5.74) is 2.64. The number of benzene rings is 1. The summed E-state index contributed by atoms with van der Waals surface area (Å²) < 4.78 is 2.77. The lowest BCUT2D eigenvalue weighted by Gasteiger charge is -2.05. The van der Waals surface area contributed by atoms with Gasteiger partial charge in [-0.2, -0.15) is 5.10 Å². The van der Waals surface area contributed by atoms with Gasteiger partial charge < -0.3 is 5.11 Å². The molecular formula is C14H11BrN2OS. The van der Waals surface area contributed by atoms with Crippen molar-refractivity contribution in [2.24, 2.45) is 0 Å². The zero-order chi connectivity index (χ0) is 13.2. The summed E-state index contributed by atoms with van der Waals surface area (Å²) in [6.45, 7) is 0. The second kappa shape index (κ2) is 5.28. The molecule has 0 fully saturated rings. The minimum absolute atomic E-state index is 0.639. The number of halogens is 1. The molecule has 1 N–H and O–H groups in total. The van der Waals surface area contributed by atoms with Gasteiger partial charge in [0.25, 0.3) is 0 Å². The summed E-state index contributed by atoms with van der Waals surface area (Å²) in [5, 5.41) is 16.5. The number of para-hydroxylation sites is 1. The van der Waals surface area contributed by atoms with Crippen LogP contribution in [-0.4, -0.2) is 14.9 Å². The van der Waals surface area contributed by atoms with Gasteiger partial charge in [-0.1, -0.05) is 18.2 Å². The van der Waals surface area contributed by atoms with E-state index in [1.165, 1.54) is 0 Å². The summed E-state index contributed by atoms with van der Waals surface area (Å²) in [6, 6.07) is 11.8. The SMILES string of the molecule is OC(c1csc(Br)c1)c1cnn(-c2ccccc2)c1. The Hall–Kier alpha value is -1.43. The maximum atomic E-state index is 10.3. The second-order valence-electron chi connectivity index (χ2n) is 4.14. The van der Waals surface area contributed by atoms with Gasteiger partial charge in [0.15, 0.2) is 0 Å². The Balaban J connectivity index is 1.89. The molecule has 2 aromatic heterocycles. The molecule has 3 nitrogen and oxygen atoms in total. The quantitative estimate of drug-likeness (QED) is 0.791. The highest BCUT2D eigenvalue weighted by molar-refractivity contribution is 9.11. The van der Waals surface area contributed by atoms with Crippen molar-refractivity contribution >= 4 is 27.3 Å². The molecule has 0 saturated carbocycles. The van der Waals surface area contributed by atoms with Crippen LogP contribution in [0, 0.1) is 0 Å². The van der Waals surface area contributed by atoms with Crippen LogP contribution in [-0.2, 0) is 0 Å². The Morgan fingerprint density at radius 2 is 2.00 bits per heavy atom. The van der Waals surface area contributed by atoms with Gasteiger partial charge in [-0.3, -0.25) is 0 Å². The smallest absolute Gasteiger partial charge is 0.108 e. The molecule has 96 valence electrons. The molecule has 0 radical (unpaired) electrons. The van der Waals surface area contributed by atoms with Gasteiger partial charge in [0.2, 0.25) is 0 Å². The van der Waals surface area contributed by atoms with E-state index in [0.717, 1.165) is 20.6 Å². The van der Waals surface area contributed by atoms with Crippen LogP contribution in [0.3, 0.4) is 0 Å². The Morgan fingerprint density at radius 1 is 1.21 bits per heavy atom. The van der Waals surface area contributed by atoms with E-state index in [1.54, 1.807) is 22.2 Å². The molecule has 0 aliphatic heterocycles. The lowest BCUT2D eigenvalue weighted by Crippen LogP contribution is -1.97. The number of aromatic nitrogens is 2. The van der Waals surface area contributed by atoms with Crippen molar-refractivity contribution in [2.45, 2.75) is 6.10 Å². The summed E-state index contributed by atoms with van der Waals surface area (Å²) in [7, 11) is 0. The van der Waals surface area contributed by atoms with Crippen LogP contribution < -0.4 is 0 Å². The third-order valence-electron chi connectivity index (χ3n) is 2.84. The Bertz CT molecular complexity index is 678. The highest BCUT2D eigenvalue weighted by Gasteiger charge is 2.14. The van der Waals surface area contributed by atoms with Gasteiger partial charge in [0.1, 0.15) is 6.10 Å². The van der Waals surface area contributed by atoms with Crippen molar-refractivity contribution in [1.29, 1.82) is 0 Å². The van der Waals surface area contributed by atoms with E-state index >= 15 is 0 Å². The first-order valence-electron chi connectivity index (χ1n) is 5.76. The van der Waals surface area contributed by atoms with E-state index in [9.17, 15) is 5.11 Å². The largest absolute Gasteiger partial charge is 0.384 e. The van der Waals surface area contributed by atoms with Crippen LogP contribution in [0.2, 0.25) is 0 Å². The first-order valence-corrected chi connectivity index (χ1v) is 7.43. The summed E-state index contributed by atoms with van der Waals surface area (Å²) in [6.07, 6.45) is 2.91. The van der Waals surface area contributed by atoms with Crippen LogP contribution in [0.4, 0.5) is 0 Å². The molecule has 3 aromatic rings. The standard InChI is InChI=1S/C14H11BrN2OS/c15-13-6-10(9-19-13)14(18)11-7-16-17(8-11)12-4-2-1-3-5-12/h1-9,14,18H. The number of rotatable bonds is 3. The van der Waals surface area contributed by atoms with Gasteiger partial charge in [0, 0.05) is 11.8 Å². The van der Waals surface area contributed by atoms with Gasteiger partial charge in [-0.15, -0.1) is 11.3 Å². The van der Waals surface area contributed by atoms with E-state index < -0.39 is 6.10 Å². The molecule has 0 saturated heterocycles. The fraction of sp³-hybridized carbons (Fsp3) is 0.0714. The fourth-order valence-electron chi connectivity index (χ4n) is 1.86. The Labute approximate surface area is 123 Å². The van der Waals surface area contributed by atoms with Crippen LogP contribution >= 0.6 is 27.3 Å². The van der Waals surface area contributed by atoms with Crippen molar-refractivity contribution in [3.63, 3.8) is 0 Å². The lowest BCUT2D eigenvalue weighted by atomic mass is 10.1. The lowest BCUT2D eigenvalue weighted by molar-refractivity contribution is 0.221. The van der Waals surface area contributed by atoms with Crippen molar-refractivity contribution in [3.8, 4) is 5.69 Å². The van der Waals surface area contributed by atoms with E-state index in [0.29, 0.717) is 0 Å². The number of hydrogen-bond acceptors (Lipinski definition) is 3. The van der Waals surface area contributed by atoms with E-state index in [-0.39, 0.29) is 0 Å². The molecule has 0 amide bonds. The topological polar surface area (TPSA) is 38.1 Å². The number of aliphatic hydroxyl groups is 1. The molecule has 2 heterocycles. The summed E-state index contributed by atoms with van der Waals surface area (Å²) in [5.74, 6) is 0. The second-order valence-corrected chi connectivity index (χ2v) is 6.43. The first-order chi connectivity index (χ1) is 9.24. The van der Waals surface area contributed by atoms with Gasteiger partial charge >= 0.3 is 0 Å². The van der Waals surface area contributed by atoms with E-state index in [2.05, 4.69) is 21.0 Å². The molecule has 3 rings (SSSR count). The zero-order valence-corrected chi connectivity index (χ0v) is 12.3. The van der Waals surface area contributed by atoms with Crippen molar-refractivity contribution in [3.05, 3.63) is 69.1 Å². The highest BCUT2D eigenvalue weighted by Crippen LogP contribution is 2.29. The van der Waals surface area contributed by atoms with Crippen LogP contribution in [0.1, 0.15) is 17.2 Å². The first kappa shape index (κ1) is 12.6. The summed E-state index contributed by atoms with van der Waals surface area (Å²) >= 11 is 4.96. The van der Waals surface area contributed by atoms with Crippen LogP contribution in [0.15, 0.2) is 58.0 Å². The monoisotopic (exact) mass is 334 g/mol. The van der Waals surface area contributed by atoms with Crippen molar-refractivity contribution < 1.29 is 5.11 Å². The minimum Gasteiger partial charge on any atom is -0.384 e. The average Bonchev–Trinajstić information content (AvgIpc) is 3.08. The normalized spacial score (nSPS) is 12.5. The third kappa shape index (κ3) is 2.63. The Kier molecular flexibility index (Phi) is 3.50. The number of thiophene rings is 1. The molecule has 0 aliphatic carbocycles. The van der Waals surface area contributed by atoms with Crippen LogP contribution in [0.5, 0.6) is 0 Å². The average molecular weight is 335 g/mol. The van der Waals surface area contributed by atoms with E-state index in [4.69, 9.17) is 0 Å². The highest BCUT2D eigenvalue weighted by atomic mass is 79.9. The summed E-state index contributed by atoms with van der Waals surface area (Å²) in [4.78, 5) is 0. The number of aliphatic hydroxyl groups excluding tert-OH is 1. The number of hydrogen-bond donors (Lipinski definition) is 1. The van der Waals surface area contributed by atoms with Crippen molar-refractivity contribution in [1.82, 2.24) is 9.78 Å². The van der Waals surface area contributed by atoms with Crippen LogP contribution in [0.25, 0.3) is 5.69 Å². The zero-order valence-electron chi connectivity index (χ0n) is 9.90. The van der Waals surface area contributed by atoms with Crippen molar-refractivity contribution in [2.75, 3.05) is 0 Å². The van der Waals surface area contributed by atoms with Gasteiger partial charge in [-0.05, 0) is 45.1 Å².